The van der Waals surface area contributed by atoms with E-state index in [2.05, 4.69) is 17.0 Å². The maximum absolute atomic E-state index is 12.2. The quantitative estimate of drug-likeness (QED) is 0.746. The molecule has 0 spiro atoms. The first-order chi connectivity index (χ1) is 11.4. The molecule has 0 bridgehead atoms. The van der Waals surface area contributed by atoms with Crippen LogP contribution in [0.4, 0.5) is 5.69 Å². The average molecular weight is 333 g/mol. The molecule has 8 nitrogen and oxygen atoms in total. The molecule has 1 saturated heterocycles. The number of carbonyl (C=O) groups is 3. The van der Waals surface area contributed by atoms with Gasteiger partial charge in [0.05, 0.1) is 18.4 Å². The molecule has 1 unspecified atom stereocenters. The molecule has 0 radical (unpaired) electrons. The van der Waals surface area contributed by atoms with Crippen molar-refractivity contribution in [2.24, 2.45) is 7.05 Å². The number of rotatable bonds is 6. The third-order valence-corrected chi connectivity index (χ3v) is 3.98. The van der Waals surface area contributed by atoms with Crippen LogP contribution in [0.5, 0.6) is 0 Å². The van der Waals surface area contributed by atoms with Crippen molar-refractivity contribution in [1.82, 2.24) is 20.0 Å². The van der Waals surface area contributed by atoms with Crippen molar-refractivity contribution in [2.45, 2.75) is 25.8 Å². The zero-order valence-corrected chi connectivity index (χ0v) is 14.1. The molecule has 0 aromatic carbocycles. The summed E-state index contributed by atoms with van der Waals surface area (Å²) >= 11 is 0. The summed E-state index contributed by atoms with van der Waals surface area (Å²) in [4.78, 5) is 38.9. The van der Waals surface area contributed by atoms with Crippen LogP contribution >= 0.6 is 0 Å². The second-order valence-electron chi connectivity index (χ2n) is 5.74. The molecule has 8 heteroatoms. The summed E-state index contributed by atoms with van der Waals surface area (Å²) in [7, 11) is 1.78. The Balaban J connectivity index is 1.95. The van der Waals surface area contributed by atoms with Gasteiger partial charge in [-0.2, -0.15) is 5.10 Å². The van der Waals surface area contributed by atoms with Crippen molar-refractivity contribution in [3.63, 3.8) is 0 Å². The number of anilines is 1. The van der Waals surface area contributed by atoms with Gasteiger partial charge in [0.1, 0.15) is 0 Å². The number of hydrogen-bond acceptors (Lipinski definition) is 4. The summed E-state index contributed by atoms with van der Waals surface area (Å²) in [6.07, 6.45) is 5.54. The van der Waals surface area contributed by atoms with E-state index in [0.29, 0.717) is 25.9 Å². The van der Waals surface area contributed by atoms with E-state index in [1.807, 2.05) is 0 Å². The number of aromatic nitrogens is 2. The van der Waals surface area contributed by atoms with Gasteiger partial charge in [0.25, 0.3) is 0 Å². The van der Waals surface area contributed by atoms with Gasteiger partial charge in [-0.05, 0) is 19.4 Å². The Kier molecular flexibility index (Phi) is 5.73. The summed E-state index contributed by atoms with van der Waals surface area (Å²) in [6.45, 7) is 6.05. The molecule has 1 fully saturated rings. The minimum atomic E-state index is -0.275. The Morgan fingerprint density at radius 2 is 2.29 bits per heavy atom. The number of nitrogens with one attached hydrogen (secondary N) is 1. The molecule has 1 N–H and O–H groups in total. The number of likely N-dealkylation sites (N-methyl/N-ethyl adjacent to an activating group) is 1. The zero-order valence-electron chi connectivity index (χ0n) is 14.1. The lowest BCUT2D eigenvalue weighted by molar-refractivity contribution is -0.132. The van der Waals surface area contributed by atoms with Crippen molar-refractivity contribution >= 4 is 23.4 Å². The van der Waals surface area contributed by atoms with Gasteiger partial charge in [-0.25, -0.2) is 0 Å². The number of amides is 3. The Hall–Kier alpha value is -2.64. The van der Waals surface area contributed by atoms with E-state index in [1.54, 1.807) is 35.9 Å². The van der Waals surface area contributed by atoms with Gasteiger partial charge in [0, 0.05) is 38.8 Å². The third-order valence-electron chi connectivity index (χ3n) is 3.98. The first kappa shape index (κ1) is 17.7. The highest BCUT2D eigenvalue weighted by molar-refractivity contribution is 5.94. The molecule has 2 rings (SSSR count). The highest BCUT2D eigenvalue weighted by Gasteiger charge is 2.28. The predicted octanol–water partition coefficient (Wildman–Crippen LogP) is 0.0662. The summed E-state index contributed by atoms with van der Waals surface area (Å²) < 4.78 is 1.63. The summed E-state index contributed by atoms with van der Waals surface area (Å²) in [5.74, 6) is -0.494. The molecule has 0 aliphatic carbocycles. The van der Waals surface area contributed by atoms with Crippen LogP contribution < -0.4 is 10.2 Å². The summed E-state index contributed by atoms with van der Waals surface area (Å²) in [6, 6.07) is -0.145. The Labute approximate surface area is 141 Å². The molecule has 3 amide bonds. The zero-order chi connectivity index (χ0) is 17.7. The molecule has 1 aromatic heterocycles. The number of carbonyl (C=O) groups excluding carboxylic acids is 3. The largest absolute Gasteiger partial charge is 0.350 e. The minimum absolute atomic E-state index is 0.0152. The van der Waals surface area contributed by atoms with Crippen LogP contribution in [0.1, 0.15) is 19.8 Å². The van der Waals surface area contributed by atoms with E-state index in [4.69, 9.17) is 0 Å². The smallest absolute Gasteiger partial charge is 0.246 e. The fourth-order valence-electron chi connectivity index (χ4n) is 2.68. The molecular weight excluding hydrogens is 310 g/mol. The topological polar surface area (TPSA) is 87.5 Å². The molecule has 0 saturated carbocycles. The van der Waals surface area contributed by atoms with Crippen molar-refractivity contribution in [3.8, 4) is 0 Å². The predicted molar refractivity (Wildman–Crippen MR) is 89.2 cm³/mol. The molecule has 1 aliphatic rings. The first-order valence-electron chi connectivity index (χ1n) is 7.94. The Morgan fingerprint density at radius 3 is 2.88 bits per heavy atom. The molecular formula is C16H23N5O3. The number of nitrogens with zero attached hydrogens (tertiary/aromatic N) is 4. The van der Waals surface area contributed by atoms with Crippen molar-refractivity contribution < 1.29 is 14.4 Å². The average Bonchev–Trinajstić information content (AvgIpc) is 3.00. The molecule has 1 atom stereocenters. The highest BCUT2D eigenvalue weighted by atomic mass is 16.2. The van der Waals surface area contributed by atoms with Gasteiger partial charge >= 0.3 is 0 Å². The van der Waals surface area contributed by atoms with E-state index in [9.17, 15) is 14.4 Å². The van der Waals surface area contributed by atoms with Crippen molar-refractivity contribution in [2.75, 3.05) is 24.5 Å². The van der Waals surface area contributed by atoms with Gasteiger partial charge in [-0.15, -0.1) is 0 Å². The molecule has 2 heterocycles. The fourth-order valence-corrected chi connectivity index (χ4v) is 2.68. The number of piperidine rings is 1. The van der Waals surface area contributed by atoms with E-state index < -0.39 is 0 Å². The normalized spacial score (nSPS) is 17.5. The molecule has 24 heavy (non-hydrogen) atoms. The molecule has 1 aliphatic heterocycles. The van der Waals surface area contributed by atoms with Crippen LogP contribution in [0.15, 0.2) is 25.0 Å². The van der Waals surface area contributed by atoms with Crippen molar-refractivity contribution in [3.05, 3.63) is 25.0 Å². The van der Waals surface area contributed by atoms with Crippen molar-refractivity contribution in [1.29, 1.82) is 0 Å². The maximum Gasteiger partial charge on any atom is 0.246 e. The van der Waals surface area contributed by atoms with Crippen LogP contribution in [0, 0.1) is 0 Å². The minimum Gasteiger partial charge on any atom is -0.350 e. The second kappa shape index (κ2) is 7.76. The van der Waals surface area contributed by atoms with Gasteiger partial charge < -0.3 is 15.1 Å². The fraction of sp³-hybridized carbons (Fsp3) is 0.500. The van der Waals surface area contributed by atoms with Crippen LogP contribution in [-0.4, -0.2) is 58.1 Å². The second-order valence-corrected chi connectivity index (χ2v) is 5.74. The highest BCUT2D eigenvalue weighted by Crippen LogP contribution is 2.20. The van der Waals surface area contributed by atoms with Gasteiger partial charge in [-0.3, -0.25) is 19.1 Å². The van der Waals surface area contributed by atoms with E-state index in [0.717, 1.165) is 5.69 Å². The van der Waals surface area contributed by atoms with E-state index >= 15 is 0 Å². The number of aryl methyl sites for hydroxylation is 1. The standard InChI is InChI=1S/C16H23N5O3/c1-4-15(23)20(5-2)11-14(22)18-12-6-7-16(24)21(9-12)13-8-17-19(3)10-13/h4,8,10,12H,1,5-7,9,11H2,2-3H3,(H,18,22). The van der Waals surface area contributed by atoms with Gasteiger partial charge in [0.15, 0.2) is 0 Å². The van der Waals surface area contributed by atoms with Crippen LogP contribution in [-0.2, 0) is 21.4 Å². The molecule has 1 aromatic rings. The maximum atomic E-state index is 12.2. The first-order valence-corrected chi connectivity index (χ1v) is 7.94. The van der Waals surface area contributed by atoms with Crippen LogP contribution in [0.25, 0.3) is 0 Å². The lowest BCUT2D eigenvalue weighted by atomic mass is 10.0. The third kappa shape index (κ3) is 4.21. The Morgan fingerprint density at radius 1 is 1.54 bits per heavy atom. The van der Waals surface area contributed by atoms with Crippen LogP contribution in [0.2, 0.25) is 0 Å². The van der Waals surface area contributed by atoms with Crippen LogP contribution in [0.3, 0.4) is 0 Å². The summed E-state index contributed by atoms with van der Waals surface area (Å²) in [5, 5.41) is 6.97. The lowest BCUT2D eigenvalue weighted by Crippen LogP contribution is -2.52. The SMILES string of the molecule is C=CC(=O)N(CC)CC(=O)NC1CCC(=O)N(c2cnn(C)c2)C1. The number of hydrogen-bond donors (Lipinski definition) is 1. The van der Waals surface area contributed by atoms with E-state index in [1.165, 1.54) is 11.0 Å². The summed E-state index contributed by atoms with van der Waals surface area (Å²) in [5.41, 5.74) is 0.721. The molecule has 130 valence electrons. The van der Waals surface area contributed by atoms with E-state index in [-0.39, 0.29) is 30.3 Å². The van der Waals surface area contributed by atoms with Gasteiger partial charge in [0.2, 0.25) is 17.7 Å². The monoisotopic (exact) mass is 333 g/mol. The van der Waals surface area contributed by atoms with Gasteiger partial charge in [-0.1, -0.05) is 6.58 Å². The Bertz CT molecular complexity index is 639. The lowest BCUT2D eigenvalue weighted by Gasteiger charge is -2.32.